The van der Waals surface area contributed by atoms with Crippen LogP contribution < -0.4 is 5.43 Å². The number of hydrogen-bond acceptors (Lipinski definition) is 1. The zero-order valence-electron chi connectivity index (χ0n) is 4.32. The first-order valence-corrected chi connectivity index (χ1v) is 3.41. The van der Waals surface area contributed by atoms with E-state index in [9.17, 15) is 4.79 Å². The Labute approximate surface area is 65.0 Å². The summed E-state index contributed by atoms with van der Waals surface area (Å²) < 4.78 is 0.454. The van der Waals surface area contributed by atoms with E-state index in [4.69, 9.17) is 11.6 Å². The van der Waals surface area contributed by atoms with Crippen LogP contribution in [0.15, 0.2) is 21.7 Å². The largest absolute Gasteiger partial charge is 0.365 e. The molecule has 1 N–H and O–H groups in total. The lowest BCUT2D eigenvalue weighted by molar-refractivity contribution is 1.28. The molecule has 0 aromatic carbocycles. The number of pyridine rings is 1. The second kappa shape index (κ2) is 2.54. The molecule has 0 spiro atoms. The van der Waals surface area contributed by atoms with E-state index in [1.807, 2.05) is 0 Å². The summed E-state index contributed by atoms with van der Waals surface area (Å²) >= 11 is 8.46. The highest BCUT2D eigenvalue weighted by atomic mass is 79.9. The van der Waals surface area contributed by atoms with Crippen LogP contribution in [0.3, 0.4) is 0 Å². The number of halogens is 2. The summed E-state index contributed by atoms with van der Waals surface area (Å²) in [5, 5.41) is 0.198. The fraction of sp³-hybridized carbons (Fsp3) is 0. The molecule has 0 aliphatic heterocycles. The van der Waals surface area contributed by atoms with Gasteiger partial charge in [-0.05, 0) is 15.9 Å². The number of nitrogens with one attached hydrogen (secondary N) is 1. The molecular formula is C5H3BrClNO. The van der Waals surface area contributed by atoms with Gasteiger partial charge in [-0.3, -0.25) is 4.79 Å². The van der Waals surface area contributed by atoms with Crippen molar-refractivity contribution < 1.29 is 0 Å². The highest BCUT2D eigenvalue weighted by molar-refractivity contribution is 9.10. The SMILES string of the molecule is O=c1c(Cl)c[nH]cc1Br. The molecule has 0 saturated heterocycles. The fourth-order valence-electron chi connectivity index (χ4n) is 0.433. The van der Waals surface area contributed by atoms with Crippen molar-refractivity contribution in [3.8, 4) is 0 Å². The third kappa shape index (κ3) is 1.34. The van der Waals surface area contributed by atoms with E-state index in [0.29, 0.717) is 4.47 Å². The van der Waals surface area contributed by atoms with E-state index in [1.54, 1.807) is 0 Å². The van der Waals surface area contributed by atoms with Gasteiger partial charge in [0.2, 0.25) is 5.43 Å². The molecule has 0 amide bonds. The number of rotatable bonds is 0. The highest BCUT2D eigenvalue weighted by Crippen LogP contribution is 2.04. The van der Waals surface area contributed by atoms with Crippen LogP contribution in [0.1, 0.15) is 0 Å². The van der Waals surface area contributed by atoms with Gasteiger partial charge in [-0.1, -0.05) is 11.6 Å². The third-order valence-corrected chi connectivity index (χ3v) is 1.72. The van der Waals surface area contributed by atoms with Gasteiger partial charge in [0, 0.05) is 12.4 Å². The van der Waals surface area contributed by atoms with Crippen LogP contribution in [-0.4, -0.2) is 4.98 Å². The van der Waals surface area contributed by atoms with Crippen LogP contribution in [0.5, 0.6) is 0 Å². The minimum atomic E-state index is -0.185. The van der Waals surface area contributed by atoms with Gasteiger partial charge in [-0.2, -0.15) is 0 Å². The second-order valence-electron chi connectivity index (χ2n) is 1.48. The van der Waals surface area contributed by atoms with Crippen LogP contribution in [-0.2, 0) is 0 Å². The lowest BCUT2D eigenvalue weighted by Crippen LogP contribution is -2.01. The van der Waals surface area contributed by atoms with Crippen molar-refractivity contribution >= 4 is 27.5 Å². The van der Waals surface area contributed by atoms with Gasteiger partial charge in [0.05, 0.1) is 4.47 Å². The topological polar surface area (TPSA) is 32.9 Å². The van der Waals surface area contributed by atoms with Crippen LogP contribution in [0, 0.1) is 0 Å². The Morgan fingerprint density at radius 3 is 2.67 bits per heavy atom. The van der Waals surface area contributed by atoms with Crippen LogP contribution >= 0.6 is 27.5 Å². The molecule has 0 fully saturated rings. The third-order valence-electron chi connectivity index (χ3n) is 0.854. The molecule has 9 heavy (non-hydrogen) atoms. The van der Waals surface area contributed by atoms with Crippen LogP contribution in [0.25, 0.3) is 0 Å². The number of aromatic amines is 1. The van der Waals surface area contributed by atoms with Crippen molar-refractivity contribution in [2.24, 2.45) is 0 Å². The molecule has 2 nitrogen and oxygen atoms in total. The fourth-order valence-corrected chi connectivity index (χ4v) is 1.06. The van der Waals surface area contributed by atoms with Gasteiger partial charge < -0.3 is 4.98 Å². The number of hydrogen-bond donors (Lipinski definition) is 1. The summed E-state index contributed by atoms with van der Waals surface area (Å²) in [6.07, 6.45) is 2.98. The summed E-state index contributed by atoms with van der Waals surface area (Å²) in [6.45, 7) is 0. The maximum atomic E-state index is 10.8. The van der Waals surface area contributed by atoms with Crippen molar-refractivity contribution in [1.29, 1.82) is 0 Å². The summed E-state index contributed by atoms with van der Waals surface area (Å²) in [4.78, 5) is 13.5. The van der Waals surface area contributed by atoms with E-state index >= 15 is 0 Å². The van der Waals surface area contributed by atoms with Gasteiger partial charge in [-0.25, -0.2) is 0 Å². The van der Waals surface area contributed by atoms with Gasteiger partial charge >= 0.3 is 0 Å². The predicted molar refractivity (Wildman–Crippen MR) is 39.8 cm³/mol. The first-order valence-electron chi connectivity index (χ1n) is 2.24. The number of H-pyrrole nitrogens is 1. The Hall–Kier alpha value is -0.280. The van der Waals surface area contributed by atoms with E-state index < -0.39 is 0 Å². The van der Waals surface area contributed by atoms with Crippen LogP contribution in [0.2, 0.25) is 5.02 Å². The first-order chi connectivity index (χ1) is 4.22. The Morgan fingerprint density at radius 2 is 2.22 bits per heavy atom. The lowest BCUT2D eigenvalue weighted by atomic mass is 10.5. The molecule has 4 heteroatoms. The van der Waals surface area contributed by atoms with Crippen LogP contribution in [0.4, 0.5) is 0 Å². The molecule has 0 aliphatic rings. The predicted octanol–water partition coefficient (Wildman–Crippen LogP) is 1.79. The lowest BCUT2D eigenvalue weighted by Gasteiger charge is -1.87. The molecule has 0 atom stereocenters. The highest BCUT2D eigenvalue weighted by Gasteiger charge is 1.96. The van der Waals surface area contributed by atoms with E-state index in [1.165, 1.54) is 12.4 Å². The molecule has 0 unspecified atom stereocenters. The smallest absolute Gasteiger partial charge is 0.214 e. The molecule has 1 aromatic rings. The maximum absolute atomic E-state index is 10.8. The molecule has 48 valence electrons. The molecule has 1 aromatic heterocycles. The Bertz CT molecular complexity index is 247. The van der Waals surface area contributed by atoms with Crippen molar-refractivity contribution in [3.63, 3.8) is 0 Å². The molecular weight excluding hydrogens is 205 g/mol. The van der Waals surface area contributed by atoms with Crippen molar-refractivity contribution in [1.82, 2.24) is 4.98 Å². The summed E-state index contributed by atoms with van der Waals surface area (Å²) in [6, 6.07) is 0. The van der Waals surface area contributed by atoms with Gasteiger partial charge in [0.1, 0.15) is 5.02 Å². The average Bonchev–Trinajstić information content (AvgIpc) is 1.83. The zero-order chi connectivity index (χ0) is 6.85. The Morgan fingerprint density at radius 1 is 1.56 bits per heavy atom. The molecule has 0 radical (unpaired) electrons. The van der Waals surface area contributed by atoms with Gasteiger partial charge in [0.25, 0.3) is 0 Å². The molecule has 0 bridgehead atoms. The van der Waals surface area contributed by atoms with Crippen molar-refractivity contribution in [3.05, 3.63) is 32.1 Å². The molecule has 1 rings (SSSR count). The molecule has 1 heterocycles. The van der Waals surface area contributed by atoms with Crippen molar-refractivity contribution in [2.75, 3.05) is 0 Å². The Kier molecular flexibility index (Phi) is 1.93. The minimum Gasteiger partial charge on any atom is -0.365 e. The quantitative estimate of drug-likeness (QED) is 0.693. The van der Waals surface area contributed by atoms with Gasteiger partial charge in [0.15, 0.2) is 0 Å². The number of aromatic nitrogens is 1. The molecule has 0 saturated carbocycles. The minimum absolute atomic E-state index is 0.185. The van der Waals surface area contributed by atoms with E-state index in [-0.39, 0.29) is 10.5 Å². The molecule has 0 aliphatic carbocycles. The summed E-state index contributed by atoms with van der Waals surface area (Å²) in [5.74, 6) is 0. The monoisotopic (exact) mass is 207 g/mol. The summed E-state index contributed by atoms with van der Waals surface area (Å²) in [5.41, 5.74) is -0.185. The second-order valence-corrected chi connectivity index (χ2v) is 2.74. The summed E-state index contributed by atoms with van der Waals surface area (Å²) in [7, 11) is 0. The maximum Gasteiger partial charge on any atom is 0.214 e. The Balaban J connectivity index is 3.43. The van der Waals surface area contributed by atoms with E-state index in [0.717, 1.165) is 0 Å². The normalized spacial score (nSPS) is 9.56. The zero-order valence-corrected chi connectivity index (χ0v) is 6.66. The average molecular weight is 208 g/mol. The standard InChI is InChI=1S/C5H3BrClNO/c6-3-1-8-2-4(7)5(3)9/h1-2H,(H,8,9). The van der Waals surface area contributed by atoms with Gasteiger partial charge in [-0.15, -0.1) is 0 Å². The first kappa shape index (κ1) is 6.83. The van der Waals surface area contributed by atoms with Crippen molar-refractivity contribution in [2.45, 2.75) is 0 Å². The van der Waals surface area contributed by atoms with E-state index in [2.05, 4.69) is 20.9 Å².